The summed E-state index contributed by atoms with van der Waals surface area (Å²) >= 11 is 3.42. The number of carbonyl (C=O) groups excluding carboxylic acids is 1. The molecule has 0 saturated carbocycles. The van der Waals surface area contributed by atoms with Gasteiger partial charge in [-0.25, -0.2) is 0 Å². The van der Waals surface area contributed by atoms with Gasteiger partial charge in [0.05, 0.1) is 6.10 Å². The van der Waals surface area contributed by atoms with Crippen LogP contribution in [0.5, 0.6) is 5.75 Å². The summed E-state index contributed by atoms with van der Waals surface area (Å²) in [6.45, 7) is 9.15. The topological polar surface area (TPSA) is 55.6 Å². The van der Waals surface area contributed by atoms with Gasteiger partial charge in [0, 0.05) is 23.6 Å². The van der Waals surface area contributed by atoms with E-state index in [4.69, 9.17) is 10.5 Å². The van der Waals surface area contributed by atoms with Crippen molar-refractivity contribution in [3.8, 4) is 5.75 Å². The van der Waals surface area contributed by atoms with Crippen LogP contribution in [-0.2, 0) is 0 Å². The second kappa shape index (κ2) is 8.75. The van der Waals surface area contributed by atoms with Crippen molar-refractivity contribution in [2.45, 2.75) is 33.8 Å². The third kappa shape index (κ3) is 6.55. The zero-order chi connectivity index (χ0) is 16.2. The van der Waals surface area contributed by atoms with Gasteiger partial charge in [0.2, 0.25) is 0 Å². The second-order valence-electron chi connectivity index (χ2n) is 6.37. The SMILES string of the molecule is CC(C)Oc1cc(Br)cc(C(=O)N(C)CC(C)(C)CN)c1.Cl. The van der Waals surface area contributed by atoms with Crippen molar-refractivity contribution in [2.75, 3.05) is 20.1 Å². The minimum absolute atomic E-state index is 0. The average Bonchev–Trinajstić information content (AvgIpc) is 2.35. The molecule has 22 heavy (non-hydrogen) atoms. The van der Waals surface area contributed by atoms with Crippen molar-refractivity contribution in [1.29, 1.82) is 0 Å². The van der Waals surface area contributed by atoms with Gasteiger partial charge < -0.3 is 15.4 Å². The molecule has 4 nitrogen and oxygen atoms in total. The maximum Gasteiger partial charge on any atom is 0.253 e. The molecule has 0 aliphatic rings. The number of nitrogens with zero attached hydrogens (tertiary/aromatic N) is 1. The van der Waals surface area contributed by atoms with Gasteiger partial charge in [-0.2, -0.15) is 0 Å². The van der Waals surface area contributed by atoms with Crippen LogP contribution in [0.15, 0.2) is 22.7 Å². The van der Waals surface area contributed by atoms with Crippen molar-refractivity contribution in [3.63, 3.8) is 0 Å². The first-order chi connectivity index (χ1) is 9.64. The van der Waals surface area contributed by atoms with E-state index in [0.29, 0.717) is 24.4 Å². The van der Waals surface area contributed by atoms with Gasteiger partial charge in [0.1, 0.15) is 5.75 Å². The van der Waals surface area contributed by atoms with Crippen LogP contribution in [0, 0.1) is 5.41 Å². The van der Waals surface area contributed by atoms with E-state index in [9.17, 15) is 4.79 Å². The summed E-state index contributed by atoms with van der Waals surface area (Å²) in [7, 11) is 1.80. The van der Waals surface area contributed by atoms with E-state index in [-0.39, 0.29) is 29.8 Å². The quantitative estimate of drug-likeness (QED) is 0.801. The minimum atomic E-state index is -0.103. The maximum atomic E-state index is 12.5. The molecule has 0 fully saturated rings. The predicted molar refractivity (Wildman–Crippen MR) is 96.9 cm³/mol. The summed E-state index contributed by atoms with van der Waals surface area (Å²) in [6.07, 6.45) is 0.0659. The van der Waals surface area contributed by atoms with E-state index in [0.717, 1.165) is 4.47 Å². The molecule has 0 atom stereocenters. The lowest BCUT2D eigenvalue weighted by atomic mass is 9.93. The third-order valence-electron chi connectivity index (χ3n) is 3.05. The Kier molecular flexibility index (Phi) is 8.44. The average molecular weight is 394 g/mol. The molecule has 0 aromatic heterocycles. The van der Waals surface area contributed by atoms with E-state index >= 15 is 0 Å². The number of nitrogens with two attached hydrogens (primary N) is 1. The summed E-state index contributed by atoms with van der Waals surface area (Å²) in [5.41, 5.74) is 6.23. The van der Waals surface area contributed by atoms with Gasteiger partial charge in [0.15, 0.2) is 0 Å². The highest BCUT2D eigenvalue weighted by Gasteiger charge is 2.22. The number of halogens is 2. The number of hydrogen-bond acceptors (Lipinski definition) is 3. The molecule has 0 radical (unpaired) electrons. The third-order valence-corrected chi connectivity index (χ3v) is 3.51. The molecule has 6 heteroatoms. The normalized spacial score (nSPS) is 11.1. The van der Waals surface area contributed by atoms with Gasteiger partial charge >= 0.3 is 0 Å². The van der Waals surface area contributed by atoms with Crippen LogP contribution in [0.2, 0.25) is 0 Å². The second-order valence-corrected chi connectivity index (χ2v) is 7.29. The van der Waals surface area contributed by atoms with Crippen molar-refractivity contribution in [1.82, 2.24) is 4.90 Å². The van der Waals surface area contributed by atoms with Gasteiger partial charge in [0.25, 0.3) is 5.91 Å². The summed E-state index contributed by atoms with van der Waals surface area (Å²) in [4.78, 5) is 14.2. The Morgan fingerprint density at radius 1 is 1.36 bits per heavy atom. The molecule has 1 aromatic rings. The van der Waals surface area contributed by atoms with Crippen LogP contribution < -0.4 is 10.5 Å². The van der Waals surface area contributed by atoms with Crippen molar-refractivity contribution < 1.29 is 9.53 Å². The molecule has 0 aliphatic heterocycles. The molecule has 1 aromatic carbocycles. The number of rotatable bonds is 6. The first-order valence-electron chi connectivity index (χ1n) is 7.07. The number of benzene rings is 1. The molecule has 0 spiro atoms. The Bertz CT molecular complexity index is 507. The van der Waals surface area contributed by atoms with Crippen LogP contribution in [0.3, 0.4) is 0 Å². The van der Waals surface area contributed by atoms with Gasteiger partial charge in [-0.15, -0.1) is 12.4 Å². The van der Waals surface area contributed by atoms with Crippen molar-refractivity contribution >= 4 is 34.2 Å². The summed E-state index contributed by atoms with van der Waals surface area (Å²) < 4.78 is 6.50. The number of carbonyl (C=O) groups is 1. The standard InChI is InChI=1S/C16H25BrN2O2.ClH/c1-11(2)21-14-7-12(6-13(17)8-14)15(20)19(5)10-16(3,4)9-18;/h6-8,11H,9-10,18H2,1-5H3;1H. The van der Waals surface area contributed by atoms with E-state index < -0.39 is 0 Å². The van der Waals surface area contributed by atoms with Gasteiger partial charge in [-0.3, -0.25) is 4.79 Å². The zero-order valence-electron chi connectivity index (χ0n) is 13.9. The highest BCUT2D eigenvalue weighted by Crippen LogP contribution is 2.24. The van der Waals surface area contributed by atoms with E-state index in [1.54, 1.807) is 18.0 Å². The molecule has 0 saturated heterocycles. The van der Waals surface area contributed by atoms with Crippen LogP contribution in [0.1, 0.15) is 38.1 Å². The molecule has 1 amide bonds. The molecule has 0 heterocycles. The van der Waals surface area contributed by atoms with Gasteiger partial charge in [-0.1, -0.05) is 29.8 Å². The Hall–Kier alpha value is -0.780. The fourth-order valence-corrected chi connectivity index (χ4v) is 2.50. The lowest BCUT2D eigenvalue weighted by Gasteiger charge is -2.29. The Balaban J connectivity index is 0.00000441. The smallest absolute Gasteiger partial charge is 0.253 e. The first kappa shape index (κ1) is 21.2. The Morgan fingerprint density at radius 3 is 2.45 bits per heavy atom. The molecular weight excluding hydrogens is 368 g/mol. The van der Waals surface area contributed by atoms with E-state index in [1.165, 1.54) is 0 Å². The lowest BCUT2D eigenvalue weighted by Crippen LogP contribution is -2.39. The van der Waals surface area contributed by atoms with Crippen molar-refractivity contribution in [2.24, 2.45) is 11.1 Å². The fourth-order valence-electron chi connectivity index (χ4n) is 2.03. The molecule has 2 N–H and O–H groups in total. The van der Waals surface area contributed by atoms with Crippen molar-refractivity contribution in [3.05, 3.63) is 28.2 Å². The molecule has 1 rings (SSSR count). The minimum Gasteiger partial charge on any atom is -0.491 e. The highest BCUT2D eigenvalue weighted by atomic mass is 79.9. The molecule has 0 bridgehead atoms. The highest BCUT2D eigenvalue weighted by molar-refractivity contribution is 9.10. The maximum absolute atomic E-state index is 12.5. The summed E-state index contributed by atoms with van der Waals surface area (Å²) in [6, 6.07) is 5.45. The Morgan fingerprint density at radius 2 is 1.95 bits per heavy atom. The van der Waals surface area contributed by atoms with Gasteiger partial charge in [-0.05, 0) is 44.0 Å². The molecular formula is C16H26BrClN2O2. The lowest BCUT2D eigenvalue weighted by molar-refractivity contribution is 0.0739. The van der Waals surface area contributed by atoms with Crippen LogP contribution in [0.25, 0.3) is 0 Å². The first-order valence-corrected chi connectivity index (χ1v) is 7.87. The predicted octanol–water partition coefficient (Wildman–Crippen LogP) is 3.72. The molecule has 126 valence electrons. The Labute approximate surface area is 147 Å². The van der Waals surface area contributed by atoms with E-state index in [2.05, 4.69) is 15.9 Å². The molecule has 0 aliphatic carbocycles. The fraction of sp³-hybridized carbons (Fsp3) is 0.562. The summed E-state index contributed by atoms with van der Waals surface area (Å²) in [5.74, 6) is 0.653. The van der Waals surface area contributed by atoms with Crippen LogP contribution in [0.4, 0.5) is 0 Å². The van der Waals surface area contributed by atoms with Crippen LogP contribution >= 0.6 is 28.3 Å². The molecule has 0 unspecified atom stereocenters. The zero-order valence-corrected chi connectivity index (χ0v) is 16.3. The van der Waals surface area contributed by atoms with Crippen LogP contribution in [-0.4, -0.2) is 37.0 Å². The summed E-state index contributed by atoms with van der Waals surface area (Å²) in [5, 5.41) is 0. The number of ether oxygens (including phenoxy) is 1. The number of hydrogen-bond donors (Lipinski definition) is 1. The number of amides is 1. The largest absolute Gasteiger partial charge is 0.491 e. The van der Waals surface area contributed by atoms with E-state index in [1.807, 2.05) is 39.8 Å². The monoisotopic (exact) mass is 392 g/mol.